The van der Waals surface area contributed by atoms with Gasteiger partial charge in [0.15, 0.2) is 0 Å². The van der Waals surface area contributed by atoms with Crippen molar-refractivity contribution in [2.24, 2.45) is 7.05 Å². The number of hydrogen-bond donors (Lipinski definition) is 0. The Morgan fingerprint density at radius 2 is 0.773 bits per heavy atom. The maximum atomic E-state index is 2.63. The molecule has 0 fully saturated rings. The number of fused-ring (bicyclic) bond motifs is 3. The molecule has 0 bridgehead atoms. The zero-order chi connectivity index (χ0) is 15.2. The van der Waals surface area contributed by atoms with Crippen LogP contribution in [0.4, 0.5) is 0 Å². The second kappa shape index (κ2) is 8.22. The van der Waals surface area contributed by atoms with E-state index in [4.69, 9.17) is 0 Å². The van der Waals surface area contributed by atoms with Crippen molar-refractivity contribution in [2.45, 2.75) is 103 Å². The van der Waals surface area contributed by atoms with Gasteiger partial charge >= 0.3 is 0 Å². The van der Waals surface area contributed by atoms with Gasteiger partial charge in [0.1, 0.15) is 0 Å². The zero-order valence-electron chi connectivity index (χ0n) is 14.8. The normalized spacial score (nSPS) is 21.7. The van der Waals surface area contributed by atoms with Gasteiger partial charge in [0.2, 0.25) is 0 Å². The molecule has 3 rings (SSSR count). The molecule has 1 heteroatoms. The maximum absolute atomic E-state index is 2.63. The average Bonchev–Trinajstić information content (AvgIpc) is 2.80. The molecule has 0 atom stereocenters. The summed E-state index contributed by atoms with van der Waals surface area (Å²) < 4.78 is 2.63. The van der Waals surface area contributed by atoms with Crippen LogP contribution in [0.3, 0.4) is 0 Å². The van der Waals surface area contributed by atoms with Gasteiger partial charge in [0.05, 0.1) is 0 Å². The van der Waals surface area contributed by atoms with Crippen molar-refractivity contribution in [1.82, 2.24) is 4.57 Å². The van der Waals surface area contributed by atoms with Gasteiger partial charge in [-0.1, -0.05) is 51.4 Å². The fourth-order valence-corrected chi connectivity index (χ4v) is 4.75. The Morgan fingerprint density at radius 1 is 0.455 bits per heavy atom. The third-order valence-corrected chi connectivity index (χ3v) is 6.05. The molecule has 0 radical (unpaired) electrons. The molecule has 1 heterocycles. The van der Waals surface area contributed by atoms with Gasteiger partial charge in [-0.15, -0.1) is 0 Å². The quantitative estimate of drug-likeness (QED) is 0.562. The van der Waals surface area contributed by atoms with Crippen molar-refractivity contribution < 1.29 is 0 Å². The third-order valence-electron chi connectivity index (χ3n) is 6.05. The molecule has 0 spiro atoms. The van der Waals surface area contributed by atoms with Gasteiger partial charge in [0, 0.05) is 18.4 Å². The van der Waals surface area contributed by atoms with Crippen LogP contribution in [0.15, 0.2) is 0 Å². The maximum Gasteiger partial charge on any atom is 0.0209 e. The monoisotopic (exact) mass is 301 g/mol. The molecule has 0 aliphatic heterocycles. The van der Waals surface area contributed by atoms with E-state index in [9.17, 15) is 0 Å². The number of hydrogen-bond acceptors (Lipinski definition) is 0. The van der Waals surface area contributed by atoms with E-state index in [2.05, 4.69) is 11.6 Å². The van der Waals surface area contributed by atoms with Crippen LogP contribution in [-0.2, 0) is 32.7 Å². The Balaban J connectivity index is 1.90. The number of aromatic nitrogens is 1. The molecule has 1 aromatic rings. The first-order chi connectivity index (χ1) is 10.9. The summed E-state index contributed by atoms with van der Waals surface area (Å²) in [5.74, 6) is 0. The first-order valence-electron chi connectivity index (χ1n) is 10.1. The topological polar surface area (TPSA) is 4.93 Å². The third kappa shape index (κ3) is 3.78. The van der Waals surface area contributed by atoms with Crippen LogP contribution >= 0.6 is 0 Å². The summed E-state index contributed by atoms with van der Waals surface area (Å²) in [6, 6.07) is 0. The van der Waals surface area contributed by atoms with Crippen molar-refractivity contribution in [3.63, 3.8) is 0 Å². The lowest BCUT2D eigenvalue weighted by atomic mass is 9.96. The second-order valence-corrected chi connectivity index (χ2v) is 7.65. The van der Waals surface area contributed by atoms with E-state index in [1.807, 2.05) is 0 Å². The van der Waals surface area contributed by atoms with Gasteiger partial charge in [0.25, 0.3) is 0 Å². The van der Waals surface area contributed by atoms with E-state index in [0.29, 0.717) is 0 Å². The molecule has 0 saturated heterocycles. The number of nitrogens with zero attached hydrogens (tertiary/aromatic N) is 1. The van der Waals surface area contributed by atoms with Gasteiger partial charge in [-0.2, -0.15) is 0 Å². The van der Waals surface area contributed by atoms with Crippen LogP contribution in [-0.4, -0.2) is 4.57 Å². The van der Waals surface area contributed by atoms with Crippen molar-refractivity contribution in [1.29, 1.82) is 0 Å². The minimum Gasteiger partial charge on any atom is -0.351 e. The van der Waals surface area contributed by atoms with Gasteiger partial charge in [-0.05, 0) is 62.5 Å². The molecular formula is C21H35N. The highest BCUT2D eigenvalue weighted by atomic mass is 15.0. The van der Waals surface area contributed by atoms with Crippen LogP contribution in [0.2, 0.25) is 0 Å². The fraction of sp³-hybridized carbons (Fsp3) is 0.810. The lowest BCUT2D eigenvalue weighted by Gasteiger charge is -2.09. The van der Waals surface area contributed by atoms with Gasteiger partial charge in [-0.25, -0.2) is 0 Å². The first-order valence-corrected chi connectivity index (χ1v) is 10.1. The zero-order valence-corrected chi connectivity index (χ0v) is 14.8. The predicted molar refractivity (Wildman–Crippen MR) is 95.6 cm³/mol. The van der Waals surface area contributed by atoms with E-state index in [1.54, 1.807) is 22.5 Å². The molecule has 1 aromatic heterocycles. The predicted octanol–water partition coefficient (Wildman–Crippen LogP) is 5.90. The Labute approximate surface area is 137 Å². The smallest absolute Gasteiger partial charge is 0.0209 e. The van der Waals surface area contributed by atoms with Crippen molar-refractivity contribution in [2.75, 3.05) is 0 Å². The molecule has 0 aromatic carbocycles. The molecule has 1 nitrogen and oxygen atoms in total. The summed E-state index contributed by atoms with van der Waals surface area (Å²) in [5, 5.41) is 0. The van der Waals surface area contributed by atoms with Crippen molar-refractivity contribution >= 4 is 0 Å². The Bertz CT molecular complexity index is 469. The van der Waals surface area contributed by atoms with Crippen LogP contribution in [0.1, 0.15) is 99.6 Å². The highest BCUT2D eigenvalue weighted by Gasteiger charge is 2.20. The molecule has 22 heavy (non-hydrogen) atoms. The van der Waals surface area contributed by atoms with Crippen molar-refractivity contribution in [3.05, 3.63) is 22.5 Å². The Morgan fingerprint density at radius 3 is 1.18 bits per heavy atom. The lowest BCUT2D eigenvalue weighted by molar-refractivity contribution is 0.583. The fourth-order valence-electron chi connectivity index (χ4n) is 4.75. The molecule has 2 aliphatic rings. The van der Waals surface area contributed by atoms with Crippen LogP contribution in [0, 0.1) is 0 Å². The molecule has 0 amide bonds. The highest BCUT2D eigenvalue weighted by molar-refractivity contribution is 5.39. The average molecular weight is 302 g/mol. The van der Waals surface area contributed by atoms with Crippen LogP contribution in [0.5, 0.6) is 0 Å². The molecule has 0 N–H and O–H groups in total. The molecule has 0 saturated carbocycles. The van der Waals surface area contributed by atoms with Crippen LogP contribution < -0.4 is 0 Å². The summed E-state index contributed by atoms with van der Waals surface area (Å²) in [6.07, 6.45) is 22.7. The largest absolute Gasteiger partial charge is 0.351 e. The Kier molecular flexibility index (Phi) is 6.04. The molecule has 0 unspecified atom stereocenters. The summed E-state index contributed by atoms with van der Waals surface area (Å²) in [4.78, 5) is 0. The van der Waals surface area contributed by atoms with E-state index >= 15 is 0 Å². The van der Waals surface area contributed by atoms with E-state index in [0.717, 1.165) is 0 Å². The molecular weight excluding hydrogens is 266 g/mol. The van der Waals surface area contributed by atoms with E-state index in [-0.39, 0.29) is 0 Å². The minimum absolute atomic E-state index is 1.33. The van der Waals surface area contributed by atoms with Crippen LogP contribution in [0.25, 0.3) is 0 Å². The summed E-state index contributed by atoms with van der Waals surface area (Å²) >= 11 is 0. The standard InChI is InChI=1S/C21H35N/c1-22-20-16-12-8-4-2-3-6-10-14-18(20)19-15-11-7-5-9-13-17-21(19)22/h2-17H2,1H3. The van der Waals surface area contributed by atoms with E-state index < -0.39 is 0 Å². The molecule has 2 aliphatic carbocycles. The number of rotatable bonds is 0. The lowest BCUT2D eigenvalue weighted by Crippen LogP contribution is -2.03. The summed E-state index contributed by atoms with van der Waals surface area (Å²) in [6.45, 7) is 0. The highest BCUT2D eigenvalue weighted by Crippen LogP contribution is 2.31. The summed E-state index contributed by atoms with van der Waals surface area (Å²) in [5.41, 5.74) is 7.01. The summed E-state index contributed by atoms with van der Waals surface area (Å²) in [7, 11) is 2.37. The van der Waals surface area contributed by atoms with Gasteiger partial charge < -0.3 is 4.57 Å². The van der Waals surface area contributed by atoms with Crippen molar-refractivity contribution in [3.8, 4) is 0 Å². The second-order valence-electron chi connectivity index (χ2n) is 7.65. The minimum atomic E-state index is 1.33. The van der Waals surface area contributed by atoms with E-state index in [1.165, 1.54) is 103 Å². The van der Waals surface area contributed by atoms with Gasteiger partial charge in [-0.3, -0.25) is 0 Å². The molecule has 124 valence electrons. The first kappa shape index (κ1) is 16.1. The SMILES string of the molecule is Cn1c2c(c3c1CCCCCCC3)CCCCCCCCC2. The Hall–Kier alpha value is -0.720.